The molecule has 0 atom stereocenters. The van der Waals surface area contributed by atoms with Gasteiger partial charge in [-0.3, -0.25) is 4.79 Å². The maximum Gasteiger partial charge on any atom is 0.238 e. The van der Waals surface area contributed by atoms with E-state index in [9.17, 15) is 13.2 Å². The van der Waals surface area contributed by atoms with Crippen LogP contribution in [0.2, 0.25) is 0 Å². The number of rotatable bonds is 6. The van der Waals surface area contributed by atoms with Gasteiger partial charge in [0.2, 0.25) is 5.91 Å². The molecule has 0 aromatic rings. The number of sulfone groups is 1. The Bertz CT molecular complexity index is 363. The van der Waals surface area contributed by atoms with Crippen molar-refractivity contribution in [1.29, 1.82) is 0 Å². The van der Waals surface area contributed by atoms with Gasteiger partial charge in [-0.15, -0.1) is 0 Å². The van der Waals surface area contributed by atoms with Gasteiger partial charge in [0, 0.05) is 12.8 Å². The van der Waals surface area contributed by atoms with Crippen LogP contribution in [0.15, 0.2) is 5.16 Å². The van der Waals surface area contributed by atoms with Gasteiger partial charge in [-0.25, -0.2) is 8.42 Å². The van der Waals surface area contributed by atoms with E-state index in [1.807, 2.05) is 6.92 Å². The van der Waals surface area contributed by atoms with Crippen LogP contribution in [0, 0.1) is 0 Å². The predicted octanol–water partition coefficient (Wildman–Crippen LogP) is -0.984. The molecule has 0 aliphatic heterocycles. The van der Waals surface area contributed by atoms with E-state index in [0.717, 1.165) is 6.26 Å². The monoisotopic (exact) mass is 251 g/mol. The van der Waals surface area contributed by atoms with Crippen molar-refractivity contribution in [2.75, 3.05) is 25.1 Å². The Balaban J connectivity index is 4.59. The molecule has 0 fully saturated rings. The molecule has 0 unspecified atom stereocenters. The molecule has 0 aromatic heterocycles. The zero-order valence-corrected chi connectivity index (χ0v) is 10.2. The Morgan fingerprint density at radius 1 is 1.50 bits per heavy atom. The van der Waals surface area contributed by atoms with E-state index in [4.69, 9.17) is 10.9 Å². The van der Waals surface area contributed by atoms with Crippen LogP contribution in [-0.2, 0) is 14.6 Å². The number of carbonyl (C=O) groups is 1. The average Bonchev–Trinajstić information content (AvgIpc) is 2.14. The van der Waals surface area contributed by atoms with Crippen molar-refractivity contribution in [2.24, 2.45) is 10.9 Å². The maximum absolute atomic E-state index is 11.6. The van der Waals surface area contributed by atoms with Crippen LogP contribution < -0.4 is 5.73 Å². The van der Waals surface area contributed by atoms with Crippen LogP contribution in [0.25, 0.3) is 0 Å². The lowest BCUT2D eigenvalue weighted by Crippen LogP contribution is -2.41. The van der Waals surface area contributed by atoms with Gasteiger partial charge in [0.1, 0.15) is 5.75 Å². The van der Waals surface area contributed by atoms with E-state index in [1.54, 1.807) is 0 Å². The number of hydrogen-bond acceptors (Lipinski definition) is 5. The summed E-state index contributed by atoms with van der Waals surface area (Å²) in [5.74, 6) is -1.24. The molecule has 3 N–H and O–H groups in total. The molecule has 0 rings (SSSR count). The van der Waals surface area contributed by atoms with Gasteiger partial charge in [-0.2, -0.15) is 0 Å². The molecule has 0 aliphatic carbocycles. The summed E-state index contributed by atoms with van der Waals surface area (Å²) in [7, 11) is -3.36. The number of carbonyl (C=O) groups excluding carboxylic acids is 1. The summed E-state index contributed by atoms with van der Waals surface area (Å²) in [5.41, 5.74) is 5.26. The summed E-state index contributed by atoms with van der Waals surface area (Å²) in [5, 5.41) is 11.1. The fourth-order valence-corrected chi connectivity index (χ4v) is 1.74. The van der Waals surface area contributed by atoms with Crippen molar-refractivity contribution in [3.05, 3.63) is 0 Å². The molecule has 0 radical (unpaired) electrons. The summed E-state index contributed by atoms with van der Waals surface area (Å²) in [6.45, 7) is 2.14. The Hall–Kier alpha value is -1.31. The van der Waals surface area contributed by atoms with Crippen LogP contribution in [0.5, 0.6) is 0 Å². The summed E-state index contributed by atoms with van der Waals surface area (Å²) >= 11 is 0. The predicted molar refractivity (Wildman–Crippen MR) is 60.0 cm³/mol. The van der Waals surface area contributed by atoms with Crippen molar-refractivity contribution in [3.63, 3.8) is 0 Å². The van der Waals surface area contributed by atoms with Crippen molar-refractivity contribution in [1.82, 2.24) is 4.90 Å². The lowest BCUT2D eigenvalue weighted by atomic mass is 10.4. The van der Waals surface area contributed by atoms with Gasteiger partial charge in [0.05, 0.1) is 6.54 Å². The van der Waals surface area contributed by atoms with Crippen LogP contribution in [0.4, 0.5) is 0 Å². The third-order valence-corrected chi connectivity index (χ3v) is 2.48. The number of nitrogens with two attached hydrogens (primary N) is 1. The molecule has 94 valence electrons. The fraction of sp³-hybridized carbons (Fsp3) is 0.750. The van der Waals surface area contributed by atoms with Crippen molar-refractivity contribution < 1.29 is 18.4 Å². The maximum atomic E-state index is 11.6. The molecule has 0 saturated carbocycles. The highest BCUT2D eigenvalue weighted by Crippen LogP contribution is 1.96. The Morgan fingerprint density at radius 3 is 2.44 bits per heavy atom. The van der Waals surface area contributed by atoms with Crippen LogP contribution in [-0.4, -0.2) is 55.4 Å². The van der Waals surface area contributed by atoms with Gasteiger partial charge in [0.15, 0.2) is 15.7 Å². The fourth-order valence-electron chi connectivity index (χ4n) is 1.10. The average molecular weight is 251 g/mol. The molecule has 0 spiro atoms. The second kappa shape index (κ2) is 6.31. The zero-order chi connectivity index (χ0) is 12.8. The van der Waals surface area contributed by atoms with Crippen molar-refractivity contribution >= 4 is 21.6 Å². The smallest absolute Gasteiger partial charge is 0.238 e. The van der Waals surface area contributed by atoms with Gasteiger partial charge < -0.3 is 15.8 Å². The standard InChI is InChI=1S/C8H17N3O4S/c1-3-4-11(5-7(9)10-13)8(12)6-16(2,14)15/h13H,3-6H2,1-2H3,(H2,9,10). The van der Waals surface area contributed by atoms with Crippen LogP contribution >= 0.6 is 0 Å². The molecule has 0 heterocycles. The molecule has 0 aliphatic rings. The van der Waals surface area contributed by atoms with Gasteiger partial charge in [-0.05, 0) is 6.42 Å². The quantitative estimate of drug-likeness (QED) is 0.272. The first kappa shape index (κ1) is 14.7. The number of amides is 1. The lowest BCUT2D eigenvalue weighted by molar-refractivity contribution is -0.127. The number of amidine groups is 1. The number of hydrogen-bond donors (Lipinski definition) is 2. The Labute approximate surface area is 94.8 Å². The summed E-state index contributed by atoms with van der Waals surface area (Å²) < 4.78 is 21.9. The Morgan fingerprint density at radius 2 is 2.06 bits per heavy atom. The second-order valence-corrected chi connectivity index (χ2v) is 5.62. The zero-order valence-electron chi connectivity index (χ0n) is 9.38. The molecule has 0 saturated heterocycles. The first-order valence-corrected chi connectivity index (χ1v) is 6.78. The largest absolute Gasteiger partial charge is 0.409 e. The van der Waals surface area contributed by atoms with Crippen LogP contribution in [0.1, 0.15) is 13.3 Å². The molecular weight excluding hydrogens is 234 g/mol. The second-order valence-electron chi connectivity index (χ2n) is 3.48. The summed E-state index contributed by atoms with van der Waals surface area (Å²) in [4.78, 5) is 12.8. The van der Waals surface area contributed by atoms with Crippen molar-refractivity contribution in [3.8, 4) is 0 Å². The van der Waals surface area contributed by atoms with E-state index in [-0.39, 0.29) is 12.4 Å². The highest BCUT2D eigenvalue weighted by molar-refractivity contribution is 7.91. The van der Waals surface area contributed by atoms with E-state index in [0.29, 0.717) is 13.0 Å². The Kier molecular flexibility index (Phi) is 5.79. The molecule has 7 nitrogen and oxygen atoms in total. The minimum absolute atomic E-state index is 0.0707. The van der Waals surface area contributed by atoms with E-state index in [2.05, 4.69) is 5.16 Å². The topological polar surface area (TPSA) is 113 Å². The molecule has 0 aromatic carbocycles. The highest BCUT2D eigenvalue weighted by atomic mass is 32.2. The summed E-state index contributed by atoms with van der Waals surface area (Å²) in [6.07, 6.45) is 1.65. The van der Waals surface area contributed by atoms with Crippen molar-refractivity contribution in [2.45, 2.75) is 13.3 Å². The van der Waals surface area contributed by atoms with E-state index in [1.165, 1.54) is 4.90 Å². The highest BCUT2D eigenvalue weighted by Gasteiger charge is 2.18. The number of nitrogens with zero attached hydrogens (tertiary/aromatic N) is 2. The third kappa shape index (κ3) is 6.23. The van der Waals surface area contributed by atoms with E-state index < -0.39 is 21.5 Å². The van der Waals surface area contributed by atoms with Gasteiger partial charge >= 0.3 is 0 Å². The number of oxime groups is 1. The first-order chi connectivity index (χ1) is 7.30. The van der Waals surface area contributed by atoms with Gasteiger partial charge in [0.25, 0.3) is 0 Å². The lowest BCUT2D eigenvalue weighted by Gasteiger charge is -2.20. The SMILES string of the molecule is CCCN(CC(N)=NO)C(=O)CS(C)(=O)=O. The van der Waals surface area contributed by atoms with Crippen LogP contribution in [0.3, 0.4) is 0 Å². The molecule has 0 bridgehead atoms. The molecular formula is C8H17N3O4S. The minimum Gasteiger partial charge on any atom is -0.409 e. The minimum atomic E-state index is -3.36. The normalized spacial score (nSPS) is 12.5. The molecule has 8 heteroatoms. The third-order valence-electron chi connectivity index (χ3n) is 1.71. The van der Waals surface area contributed by atoms with Gasteiger partial charge in [-0.1, -0.05) is 12.1 Å². The summed E-state index contributed by atoms with van der Waals surface area (Å²) in [6, 6.07) is 0. The molecule has 16 heavy (non-hydrogen) atoms. The molecule has 1 amide bonds. The first-order valence-electron chi connectivity index (χ1n) is 4.72. The van der Waals surface area contributed by atoms with E-state index >= 15 is 0 Å².